The number of hydrogen-bond donors (Lipinski definition) is 0. The molecule has 2 heterocycles. The van der Waals surface area contributed by atoms with Gasteiger partial charge in [-0.3, -0.25) is 4.79 Å². The Morgan fingerprint density at radius 2 is 1.73 bits per heavy atom. The minimum absolute atomic E-state index is 0.0519. The number of fused-ring (bicyclic) bond motifs is 1. The molecular weight excluding hydrogens is 352 g/mol. The van der Waals surface area contributed by atoms with Crippen LogP contribution in [0.25, 0.3) is 0 Å². The van der Waals surface area contributed by atoms with Crippen LogP contribution in [0.1, 0.15) is 32.1 Å². The molecule has 0 radical (unpaired) electrons. The normalized spacial score (nSPS) is 30.2. The van der Waals surface area contributed by atoms with Crippen molar-refractivity contribution in [3.8, 4) is 0 Å². The number of sulfonamides is 1. The second-order valence-corrected chi connectivity index (χ2v) is 9.29. The van der Waals surface area contributed by atoms with E-state index in [1.165, 1.54) is 0 Å². The molecule has 1 saturated carbocycles. The summed E-state index contributed by atoms with van der Waals surface area (Å²) in [5, 5.41) is 0. The second-order valence-electron chi connectivity index (χ2n) is 7.45. The number of morpholine rings is 1. The lowest BCUT2D eigenvalue weighted by Gasteiger charge is -2.35. The van der Waals surface area contributed by atoms with E-state index in [0.717, 1.165) is 25.7 Å². The van der Waals surface area contributed by atoms with Crippen LogP contribution in [0.5, 0.6) is 0 Å². The third kappa shape index (κ3) is 3.17. The number of carbonyl (C=O) groups is 1. The molecule has 1 aliphatic carbocycles. The van der Waals surface area contributed by atoms with Crippen molar-refractivity contribution in [3.05, 3.63) is 30.3 Å². The monoisotopic (exact) mass is 378 g/mol. The fourth-order valence-corrected chi connectivity index (χ4v) is 6.57. The van der Waals surface area contributed by atoms with E-state index in [-0.39, 0.29) is 22.8 Å². The van der Waals surface area contributed by atoms with Gasteiger partial charge in [0.25, 0.3) is 0 Å². The first-order valence-electron chi connectivity index (χ1n) is 9.54. The average Bonchev–Trinajstić information content (AvgIpc) is 3.09. The van der Waals surface area contributed by atoms with Gasteiger partial charge in [-0.2, -0.15) is 4.31 Å². The molecule has 4 rings (SSSR count). The number of hydrogen-bond acceptors (Lipinski definition) is 4. The molecule has 0 unspecified atom stereocenters. The molecule has 7 heteroatoms. The third-order valence-corrected chi connectivity index (χ3v) is 7.90. The van der Waals surface area contributed by atoms with Gasteiger partial charge in [0, 0.05) is 19.1 Å². The average molecular weight is 378 g/mol. The van der Waals surface area contributed by atoms with Crippen LogP contribution in [-0.2, 0) is 19.6 Å². The van der Waals surface area contributed by atoms with Gasteiger partial charge >= 0.3 is 0 Å². The van der Waals surface area contributed by atoms with Gasteiger partial charge in [-0.1, -0.05) is 31.0 Å². The van der Waals surface area contributed by atoms with Crippen molar-refractivity contribution in [3.63, 3.8) is 0 Å². The van der Waals surface area contributed by atoms with E-state index in [9.17, 15) is 13.2 Å². The van der Waals surface area contributed by atoms with Crippen molar-refractivity contribution in [2.75, 3.05) is 26.3 Å². The van der Waals surface area contributed by atoms with Gasteiger partial charge in [0.05, 0.1) is 18.1 Å². The maximum Gasteiger partial charge on any atom is 0.244 e. The van der Waals surface area contributed by atoms with Gasteiger partial charge in [0.2, 0.25) is 15.9 Å². The number of carbonyl (C=O) groups excluding carboxylic acids is 1. The highest BCUT2D eigenvalue weighted by Gasteiger charge is 2.51. The van der Waals surface area contributed by atoms with Crippen molar-refractivity contribution >= 4 is 15.9 Å². The van der Waals surface area contributed by atoms with Crippen LogP contribution in [-0.4, -0.2) is 61.9 Å². The van der Waals surface area contributed by atoms with Crippen molar-refractivity contribution < 1.29 is 17.9 Å². The molecule has 0 N–H and O–H groups in total. The fourth-order valence-electron chi connectivity index (χ4n) is 4.68. The smallest absolute Gasteiger partial charge is 0.244 e. The molecule has 2 aliphatic heterocycles. The van der Waals surface area contributed by atoms with Crippen LogP contribution in [0.15, 0.2) is 35.2 Å². The van der Waals surface area contributed by atoms with Crippen LogP contribution in [0, 0.1) is 5.92 Å². The first-order valence-corrected chi connectivity index (χ1v) is 11.0. The van der Waals surface area contributed by atoms with E-state index in [1.807, 2.05) is 6.07 Å². The highest BCUT2D eigenvalue weighted by atomic mass is 32.2. The SMILES string of the molecule is O=C([C@@H]1C[C@H]2CCCC[C@H]2N1S(=O)(=O)c1ccccc1)N1CCOCC1. The van der Waals surface area contributed by atoms with Gasteiger partial charge in [-0.05, 0) is 37.3 Å². The Balaban J connectivity index is 1.68. The Labute approximate surface area is 155 Å². The van der Waals surface area contributed by atoms with Crippen molar-refractivity contribution in [2.45, 2.75) is 49.1 Å². The topological polar surface area (TPSA) is 66.9 Å². The third-order valence-electron chi connectivity index (χ3n) is 5.96. The van der Waals surface area contributed by atoms with E-state index in [0.29, 0.717) is 32.7 Å². The Morgan fingerprint density at radius 1 is 1.04 bits per heavy atom. The van der Waals surface area contributed by atoms with Crippen molar-refractivity contribution in [1.29, 1.82) is 0 Å². The second kappa shape index (κ2) is 7.29. The number of benzene rings is 1. The summed E-state index contributed by atoms with van der Waals surface area (Å²) in [5.41, 5.74) is 0. The Bertz CT molecular complexity index is 746. The molecule has 142 valence electrons. The van der Waals surface area contributed by atoms with E-state index in [4.69, 9.17) is 4.74 Å². The lowest BCUT2D eigenvalue weighted by atomic mass is 9.85. The quantitative estimate of drug-likeness (QED) is 0.805. The largest absolute Gasteiger partial charge is 0.378 e. The standard InChI is InChI=1S/C19H26N2O4S/c22-19(20-10-12-25-13-11-20)18-14-15-6-4-5-9-17(15)21(18)26(23,24)16-7-2-1-3-8-16/h1-3,7-8,15,17-18H,4-6,9-14H2/t15-,17-,18+/m1/s1. The number of rotatable bonds is 3. The molecule has 26 heavy (non-hydrogen) atoms. The summed E-state index contributed by atoms with van der Waals surface area (Å²) in [5.74, 6) is 0.236. The van der Waals surface area contributed by atoms with E-state index >= 15 is 0 Å². The molecule has 1 aromatic carbocycles. The summed E-state index contributed by atoms with van der Waals surface area (Å²) >= 11 is 0. The van der Waals surface area contributed by atoms with E-state index in [2.05, 4.69) is 0 Å². The number of amides is 1. The molecule has 1 aromatic rings. The summed E-state index contributed by atoms with van der Waals surface area (Å²) in [4.78, 5) is 15.3. The molecule has 0 spiro atoms. The molecule has 0 bridgehead atoms. The number of nitrogens with zero attached hydrogens (tertiary/aromatic N) is 2. The Hall–Kier alpha value is -1.44. The van der Waals surface area contributed by atoms with Crippen LogP contribution >= 0.6 is 0 Å². The van der Waals surface area contributed by atoms with Gasteiger partial charge in [0.1, 0.15) is 6.04 Å². The highest BCUT2D eigenvalue weighted by molar-refractivity contribution is 7.89. The minimum atomic E-state index is -3.69. The zero-order valence-electron chi connectivity index (χ0n) is 14.9. The molecule has 6 nitrogen and oxygen atoms in total. The van der Waals surface area contributed by atoms with Gasteiger partial charge in [-0.15, -0.1) is 0 Å². The van der Waals surface area contributed by atoms with Crippen molar-refractivity contribution in [2.24, 2.45) is 5.92 Å². The molecule has 1 amide bonds. The lowest BCUT2D eigenvalue weighted by molar-refractivity contribution is -0.139. The zero-order valence-corrected chi connectivity index (χ0v) is 15.7. The maximum atomic E-state index is 13.4. The summed E-state index contributed by atoms with van der Waals surface area (Å²) in [7, 11) is -3.69. The fraction of sp³-hybridized carbons (Fsp3) is 0.632. The summed E-state index contributed by atoms with van der Waals surface area (Å²) < 4.78 is 33.7. The lowest BCUT2D eigenvalue weighted by Crippen LogP contribution is -2.52. The molecular formula is C19H26N2O4S. The predicted octanol–water partition coefficient (Wildman–Crippen LogP) is 1.87. The van der Waals surface area contributed by atoms with Gasteiger partial charge in [0.15, 0.2) is 0 Å². The van der Waals surface area contributed by atoms with Crippen LogP contribution in [0.3, 0.4) is 0 Å². The summed E-state index contributed by atoms with van der Waals surface area (Å²) in [6.07, 6.45) is 4.66. The molecule has 2 saturated heterocycles. The summed E-state index contributed by atoms with van der Waals surface area (Å²) in [6, 6.07) is 7.90. The minimum Gasteiger partial charge on any atom is -0.378 e. The van der Waals surface area contributed by atoms with Crippen LogP contribution in [0.4, 0.5) is 0 Å². The van der Waals surface area contributed by atoms with E-state index < -0.39 is 16.1 Å². The Kier molecular flexibility index (Phi) is 5.03. The zero-order chi connectivity index (χ0) is 18.1. The van der Waals surface area contributed by atoms with E-state index in [1.54, 1.807) is 33.5 Å². The van der Waals surface area contributed by atoms with Crippen LogP contribution < -0.4 is 0 Å². The Morgan fingerprint density at radius 3 is 2.46 bits per heavy atom. The molecule has 3 fully saturated rings. The van der Waals surface area contributed by atoms with Gasteiger partial charge in [-0.25, -0.2) is 8.42 Å². The highest BCUT2D eigenvalue weighted by Crippen LogP contribution is 2.43. The molecule has 3 aliphatic rings. The van der Waals surface area contributed by atoms with Gasteiger partial charge < -0.3 is 9.64 Å². The van der Waals surface area contributed by atoms with Crippen LogP contribution in [0.2, 0.25) is 0 Å². The molecule has 0 aromatic heterocycles. The number of ether oxygens (including phenoxy) is 1. The predicted molar refractivity (Wildman–Crippen MR) is 97.0 cm³/mol. The first-order chi connectivity index (χ1) is 12.6. The first kappa shape index (κ1) is 17.9. The summed E-state index contributed by atoms with van der Waals surface area (Å²) in [6.45, 7) is 2.14. The van der Waals surface area contributed by atoms with Crippen molar-refractivity contribution in [1.82, 2.24) is 9.21 Å². The maximum absolute atomic E-state index is 13.4. The molecule has 3 atom stereocenters.